The highest BCUT2D eigenvalue weighted by atomic mass is 15.0. The Morgan fingerprint density at radius 1 is 1.19 bits per heavy atom. The fourth-order valence-corrected chi connectivity index (χ4v) is 2.49. The zero-order chi connectivity index (χ0) is 11.1. The van der Waals surface area contributed by atoms with Gasteiger partial charge in [0.25, 0.3) is 0 Å². The van der Waals surface area contributed by atoms with Gasteiger partial charge in [0.05, 0.1) is 0 Å². The molecule has 2 nitrogen and oxygen atoms in total. The number of rotatable bonds is 4. The Labute approximate surface area is 97.2 Å². The van der Waals surface area contributed by atoms with Crippen LogP contribution in [0.1, 0.15) is 31.2 Å². The Hall–Kier alpha value is -1.18. The van der Waals surface area contributed by atoms with Crippen molar-refractivity contribution < 1.29 is 0 Å². The number of nitrogens with one attached hydrogen (secondary N) is 1. The molecule has 2 heteroatoms. The maximum Gasteiger partial charge on any atom is 0.0346 e. The maximum atomic E-state index is 5.84. The molecule has 86 valence electrons. The Morgan fingerprint density at radius 2 is 1.81 bits per heavy atom. The molecule has 0 aromatic heterocycles. The van der Waals surface area contributed by atoms with Gasteiger partial charge in [0.1, 0.15) is 0 Å². The molecule has 3 rings (SSSR count). The van der Waals surface area contributed by atoms with Crippen LogP contribution >= 0.6 is 0 Å². The molecule has 3 N–H and O–H groups in total. The first-order valence-corrected chi connectivity index (χ1v) is 6.37. The van der Waals surface area contributed by atoms with E-state index in [0.717, 1.165) is 23.6 Å². The average Bonchev–Trinajstić information content (AvgIpc) is 3.14. The van der Waals surface area contributed by atoms with Crippen molar-refractivity contribution in [3.8, 4) is 0 Å². The second kappa shape index (κ2) is 3.69. The first-order valence-electron chi connectivity index (χ1n) is 6.37. The number of benzene rings is 1. The molecule has 16 heavy (non-hydrogen) atoms. The third-order valence-corrected chi connectivity index (χ3v) is 3.86. The standard InChI is InChI=1S/C14H20N2/c1-9-8-12(6-7-13(9)15)16-14(10-2-3-10)11-4-5-11/h6-8,10-11,14,16H,2-5,15H2,1H3. The van der Waals surface area contributed by atoms with Crippen LogP contribution in [0.25, 0.3) is 0 Å². The molecule has 2 saturated carbocycles. The monoisotopic (exact) mass is 216 g/mol. The molecule has 0 amide bonds. The lowest BCUT2D eigenvalue weighted by Crippen LogP contribution is -2.24. The van der Waals surface area contributed by atoms with Crippen molar-refractivity contribution in [3.05, 3.63) is 23.8 Å². The Morgan fingerprint density at radius 3 is 2.31 bits per heavy atom. The van der Waals surface area contributed by atoms with E-state index in [4.69, 9.17) is 5.73 Å². The van der Waals surface area contributed by atoms with Crippen LogP contribution < -0.4 is 11.1 Å². The van der Waals surface area contributed by atoms with Crippen molar-refractivity contribution >= 4 is 11.4 Å². The van der Waals surface area contributed by atoms with Gasteiger partial charge < -0.3 is 11.1 Å². The minimum absolute atomic E-state index is 0.725. The number of anilines is 2. The molecule has 0 radical (unpaired) electrons. The maximum absolute atomic E-state index is 5.84. The summed E-state index contributed by atoms with van der Waals surface area (Å²) in [5.74, 6) is 1.87. The number of hydrogen-bond donors (Lipinski definition) is 2. The Balaban J connectivity index is 1.73. The Bertz CT molecular complexity index is 380. The molecule has 2 aliphatic rings. The van der Waals surface area contributed by atoms with Crippen LogP contribution in [0.15, 0.2) is 18.2 Å². The first-order chi connectivity index (χ1) is 7.74. The van der Waals surface area contributed by atoms with E-state index in [1.807, 2.05) is 6.07 Å². The van der Waals surface area contributed by atoms with Crippen molar-refractivity contribution in [1.82, 2.24) is 0 Å². The van der Waals surface area contributed by atoms with Crippen LogP contribution in [0.5, 0.6) is 0 Å². The topological polar surface area (TPSA) is 38.0 Å². The van der Waals surface area contributed by atoms with Gasteiger partial charge in [-0.2, -0.15) is 0 Å². The molecule has 0 unspecified atom stereocenters. The second-order valence-electron chi connectivity index (χ2n) is 5.42. The highest BCUT2D eigenvalue weighted by molar-refractivity contribution is 5.57. The minimum Gasteiger partial charge on any atom is -0.399 e. The predicted octanol–water partition coefficient (Wildman–Crippen LogP) is 3.18. The number of nitrogen functional groups attached to an aromatic ring is 1. The van der Waals surface area contributed by atoms with Crippen molar-refractivity contribution in [2.75, 3.05) is 11.1 Å². The summed E-state index contributed by atoms with van der Waals surface area (Å²) in [4.78, 5) is 0. The summed E-state index contributed by atoms with van der Waals surface area (Å²) in [5, 5.41) is 3.72. The average molecular weight is 216 g/mol. The third-order valence-electron chi connectivity index (χ3n) is 3.86. The Kier molecular flexibility index (Phi) is 2.31. The molecule has 1 aromatic carbocycles. The molecule has 0 bridgehead atoms. The van der Waals surface area contributed by atoms with Crippen molar-refractivity contribution in [2.24, 2.45) is 11.8 Å². The molecule has 0 aliphatic heterocycles. The predicted molar refractivity (Wildman–Crippen MR) is 68.5 cm³/mol. The largest absolute Gasteiger partial charge is 0.399 e. The first kappa shape index (κ1) is 10.0. The van der Waals surface area contributed by atoms with E-state index in [1.165, 1.54) is 36.9 Å². The van der Waals surface area contributed by atoms with E-state index >= 15 is 0 Å². The molecule has 1 aromatic rings. The zero-order valence-corrected chi connectivity index (χ0v) is 9.87. The lowest BCUT2D eigenvalue weighted by atomic mass is 10.1. The lowest BCUT2D eigenvalue weighted by molar-refractivity contribution is 0.568. The third kappa shape index (κ3) is 2.01. The van der Waals surface area contributed by atoms with Gasteiger partial charge in [-0.25, -0.2) is 0 Å². The smallest absolute Gasteiger partial charge is 0.0346 e. The molecule has 0 saturated heterocycles. The van der Waals surface area contributed by atoms with Crippen LogP contribution in [0.2, 0.25) is 0 Å². The van der Waals surface area contributed by atoms with Crippen LogP contribution in [-0.4, -0.2) is 6.04 Å². The van der Waals surface area contributed by atoms with Gasteiger partial charge in [-0.1, -0.05) is 0 Å². The van der Waals surface area contributed by atoms with Crippen LogP contribution in [0, 0.1) is 18.8 Å². The quantitative estimate of drug-likeness (QED) is 0.759. The van der Waals surface area contributed by atoms with Gasteiger partial charge in [0.2, 0.25) is 0 Å². The van der Waals surface area contributed by atoms with Crippen molar-refractivity contribution in [1.29, 1.82) is 0 Å². The van der Waals surface area contributed by atoms with Crippen LogP contribution in [0.4, 0.5) is 11.4 Å². The molecular formula is C14H20N2. The van der Waals surface area contributed by atoms with Gasteiger partial charge in [0.15, 0.2) is 0 Å². The van der Waals surface area contributed by atoms with E-state index in [2.05, 4.69) is 24.4 Å². The zero-order valence-electron chi connectivity index (χ0n) is 9.87. The van der Waals surface area contributed by atoms with Crippen molar-refractivity contribution in [2.45, 2.75) is 38.6 Å². The summed E-state index contributed by atoms with van der Waals surface area (Å²) < 4.78 is 0. The SMILES string of the molecule is Cc1cc(NC(C2CC2)C2CC2)ccc1N. The molecule has 0 heterocycles. The van der Waals surface area contributed by atoms with Crippen LogP contribution in [0.3, 0.4) is 0 Å². The minimum atomic E-state index is 0.725. The molecule has 2 aliphatic carbocycles. The molecular weight excluding hydrogens is 196 g/mol. The highest BCUT2D eigenvalue weighted by Crippen LogP contribution is 2.45. The van der Waals surface area contributed by atoms with E-state index in [1.54, 1.807) is 0 Å². The molecule has 0 spiro atoms. The van der Waals surface area contributed by atoms with Crippen LogP contribution in [-0.2, 0) is 0 Å². The van der Waals surface area contributed by atoms with Gasteiger partial charge in [-0.05, 0) is 68.2 Å². The number of nitrogens with two attached hydrogens (primary N) is 1. The van der Waals surface area contributed by atoms with Gasteiger partial charge in [-0.15, -0.1) is 0 Å². The lowest BCUT2D eigenvalue weighted by Gasteiger charge is -2.19. The fourth-order valence-electron chi connectivity index (χ4n) is 2.49. The fraction of sp³-hybridized carbons (Fsp3) is 0.571. The van der Waals surface area contributed by atoms with E-state index < -0.39 is 0 Å². The summed E-state index contributed by atoms with van der Waals surface area (Å²) in [5.41, 5.74) is 9.15. The highest BCUT2D eigenvalue weighted by Gasteiger charge is 2.41. The number of aryl methyl sites for hydroxylation is 1. The van der Waals surface area contributed by atoms with E-state index in [-0.39, 0.29) is 0 Å². The van der Waals surface area contributed by atoms with Gasteiger partial charge in [0, 0.05) is 17.4 Å². The van der Waals surface area contributed by atoms with Crippen molar-refractivity contribution in [3.63, 3.8) is 0 Å². The van der Waals surface area contributed by atoms with Gasteiger partial charge in [-0.3, -0.25) is 0 Å². The molecule has 0 atom stereocenters. The normalized spacial score (nSPS) is 20.1. The summed E-state index contributed by atoms with van der Waals surface area (Å²) in [6.07, 6.45) is 5.68. The summed E-state index contributed by atoms with van der Waals surface area (Å²) in [6.45, 7) is 2.07. The summed E-state index contributed by atoms with van der Waals surface area (Å²) >= 11 is 0. The summed E-state index contributed by atoms with van der Waals surface area (Å²) in [7, 11) is 0. The van der Waals surface area contributed by atoms with Gasteiger partial charge >= 0.3 is 0 Å². The second-order valence-corrected chi connectivity index (χ2v) is 5.42. The van der Waals surface area contributed by atoms with E-state index in [9.17, 15) is 0 Å². The summed E-state index contributed by atoms with van der Waals surface area (Å²) in [6, 6.07) is 7.02. The van der Waals surface area contributed by atoms with E-state index in [0.29, 0.717) is 0 Å². The number of hydrogen-bond acceptors (Lipinski definition) is 2. The molecule has 2 fully saturated rings.